The zero-order chi connectivity index (χ0) is 8.54. The highest BCUT2D eigenvalue weighted by atomic mass is 35.5. The van der Waals surface area contributed by atoms with E-state index in [1.807, 2.05) is 0 Å². The van der Waals surface area contributed by atoms with Gasteiger partial charge < -0.3 is 5.73 Å². The summed E-state index contributed by atoms with van der Waals surface area (Å²) in [5, 5.41) is 0. The van der Waals surface area contributed by atoms with Gasteiger partial charge in [-0.05, 0) is 19.3 Å². The summed E-state index contributed by atoms with van der Waals surface area (Å²) in [6.07, 6.45) is 3.96. The molecule has 1 aliphatic rings. The molecule has 0 saturated heterocycles. The van der Waals surface area contributed by atoms with E-state index in [1.54, 1.807) is 0 Å². The predicted molar refractivity (Wildman–Crippen MR) is 50.9 cm³/mol. The number of halogens is 1. The molecule has 0 unspecified atom stereocenters. The van der Waals surface area contributed by atoms with E-state index in [4.69, 9.17) is 5.73 Å². The summed E-state index contributed by atoms with van der Waals surface area (Å²) in [6.45, 7) is 0.468. The van der Waals surface area contributed by atoms with E-state index >= 15 is 0 Å². The molecule has 0 aromatic carbocycles. The zero-order valence-corrected chi connectivity index (χ0v) is 8.67. The molecule has 0 aliphatic heterocycles. The first-order valence-corrected chi connectivity index (χ1v) is 5.54. The van der Waals surface area contributed by atoms with Crippen molar-refractivity contribution in [1.82, 2.24) is 4.72 Å². The molecule has 0 radical (unpaired) electrons. The topological polar surface area (TPSA) is 72.2 Å². The molecule has 0 bridgehead atoms. The molecule has 3 N–H and O–H groups in total. The van der Waals surface area contributed by atoms with Crippen LogP contribution in [0.15, 0.2) is 0 Å². The van der Waals surface area contributed by atoms with Crippen molar-refractivity contribution in [3.63, 3.8) is 0 Å². The van der Waals surface area contributed by atoms with Crippen LogP contribution in [0.4, 0.5) is 0 Å². The third-order valence-electron chi connectivity index (χ3n) is 1.88. The Morgan fingerprint density at radius 1 is 1.50 bits per heavy atom. The molecule has 0 heterocycles. The van der Waals surface area contributed by atoms with Crippen LogP contribution in [0.25, 0.3) is 0 Å². The average Bonchev–Trinajstić information content (AvgIpc) is 2.44. The van der Waals surface area contributed by atoms with Crippen molar-refractivity contribution in [2.75, 3.05) is 12.8 Å². The van der Waals surface area contributed by atoms with E-state index in [0.717, 1.165) is 25.5 Å². The lowest BCUT2D eigenvalue weighted by atomic mass is 10.2. The molecule has 6 heteroatoms. The molecule has 74 valence electrons. The largest absolute Gasteiger partial charge is 0.325 e. The van der Waals surface area contributed by atoms with Gasteiger partial charge in [-0.2, -0.15) is 0 Å². The van der Waals surface area contributed by atoms with Gasteiger partial charge in [0.05, 0.1) is 6.26 Å². The van der Waals surface area contributed by atoms with Gasteiger partial charge in [0, 0.05) is 12.1 Å². The molecule has 1 rings (SSSR count). The van der Waals surface area contributed by atoms with E-state index < -0.39 is 10.0 Å². The second-order valence-electron chi connectivity index (χ2n) is 3.28. The summed E-state index contributed by atoms with van der Waals surface area (Å²) < 4.78 is 23.6. The van der Waals surface area contributed by atoms with Gasteiger partial charge in [0.2, 0.25) is 10.0 Å². The molecule has 0 aromatic rings. The van der Waals surface area contributed by atoms with Gasteiger partial charge in [-0.1, -0.05) is 0 Å². The highest BCUT2D eigenvalue weighted by Gasteiger charge is 2.37. The first-order valence-electron chi connectivity index (χ1n) is 3.65. The van der Waals surface area contributed by atoms with Crippen molar-refractivity contribution in [1.29, 1.82) is 0 Å². The van der Waals surface area contributed by atoms with Crippen LogP contribution in [0.3, 0.4) is 0 Å². The number of hydrogen-bond acceptors (Lipinski definition) is 3. The van der Waals surface area contributed by atoms with Gasteiger partial charge in [0.25, 0.3) is 0 Å². The summed E-state index contributed by atoms with van der Waals surface area (Å²) in [4.78, 5) is 0. The average molecular weight is 215 g/mol. The van der Waals surface area contributed by atoms with Gasteiger partial charge in [0.1, 0.15) is 0 Å². The zero-order valence-electron chi connectivity index (χ0n) is 7.04. The Kier molecular flexibility index (Phi) is 3.96. The van der Waals surface area contributed by atoms with Gasteiger partial charge >= 0.3 is 0 Å². The molecule has 1 saturated carbocycles. The van der Waals surface area contributed by atoms with Crippen molar-refractivity contribution in [2.45, 2.75) is 24.8 Å². The number of hydrogen-bond donors (Lipinski definition) is 2. The van der Waals surface area contributed by atoms with Crippen LogP contribution in [0.1, 0.15) is 19.3 Å². The maximum absolute atomic E-state index is 10.6. The lowest BCUT2D eigenvalue weighted by molar-refractivity contribution is 0.565. The third kappa shape index (κ3) is 4.92. The molecular formula is C6H15ClN2O2S. The quantitative estimate of drug-likeness (QED) is 0.683. The fourth-order valence-corrected chi connectivity index (χ4v) is 1.37. The summed E-state index contributed by atoms with van der Waals surface area (Å²) >= 11 is 0. The molecule has 0 amide bonds. The second kappa shape index (κ2) is 3.91. The van der Waals surface area contributed by atoms with Gasteiger partial charge in [0.15, 0.2) is 0 Å². The van der Waals surface area contributed by atoms with Gasteiger partial charge in [-0.15, -0.1) is 12.4 Å². The third-order valence-corrected chi connectivity index (χ3v) is 2.61. The molecule has 0 spiro atoms. The first-order chi connectivity index (χ1) is 4.91. The van der Waals surface area contributed by atoms with Crippen molar-refractivity contribution in [2.24, 2.45) is 5.73 Å². The number of nitrogens with two attached hydrogens (primary N) is 1. The highest BCUT2D eigenvalue weighted by molar-refractivity contribution is 7.88. The molecule has 12 heavy (non-hydrogen) atoms. The highest BCUT2D eigenvalue weighted by Crippen LogP contribution is 2.34. The summed E-state index contributed by atoms with van der Waals surface area (Å²) in [5.74, 6) is 0. The molecule has 0 aromatic heterocycles. The van der Waals surface area contributed by atoms with Crippen LogP contribution < -0.4 is 10.5 Å². The first kappa shape index (κ1) is 12.2. The summed E-state index contributed by atoms with van der Waals surface area (Å²) in [6, 6.07) is 0. The van der Waals surface area contributed by atoms with E-state index in [1.165, 1.54) is 0 Å². The van der Waals surface area contributed by atoms with E-state index in [9.17, 15) is 8.42 Å². The minimum absolute atomic E-state index is 0. The summed E-state index contributed by atoms with van der Waals surface area (Å²) in [7, 11) is -3.02. The normalized spacial score (nSPS) is 19.8. The fraction of sp³-hybridized carbons (Fsp3) is 1.00. The van der Waals surface area contributed by atoms with Crippen LogP contribution in [-0.2, 0) is 10.0 Å². The molecule has 4 nitrogen and oxygen atoms in total. The van der Waals surface area contributed by atoms with Crippen molar-refractivity contribution < 1.29 is 8.42 Å². The lowest BCUT2D eigenvalue weighted by Crippen LogP contribution is -2.30. The van der Waals surface area contributed by atoms with Crippen LogP contribution in [-0.4, -0.2) is 26.8 Å². The maximum Gasteiger partial charge on any atom is 0.208 e. The minimum Gasteiger partial charge on any atom is -0.325 e. The maximum atomic E-state index is 10.6. The van der Waals surface area contributed by atoms with Crippen molar-refractivity contribution >= 4 is 22.4 Å². The number of sulfonamides is 1. The Bertz CT molecular complexity index is 236. The van der Waals surface area contributed by atoms with Crippen molar-refractivity contribution in [3.8, 4) is 0 Å². The molecule has 1 fully saturated rings. The molecular weight excluding hydrogens is 200 g/mol. The Labute approximate surface area is 79.4 Å². The van der Waals surface area contributed by atoms with Gasteiger partial charge in [-0.3, -0.25) is 0 Å². The van der Waals surface area contributed by atoms with E-state index in [0.29, 0.717) is 6.54 Å². The molecule has 0 atom stereocenters. The number of rotatable bonds is 4. The Hall–Kier alpha value is 0.160. The van der Waals surface area contributed by atoms with E-state index in [2.05, 4.69) is 4.72 Å². The fourth-order valence-electron chi connectivity index (χ4n) is 0.896. The van der Waals surface area contributed by atoms with Gasteiger partial charge in [-0.25, -0.2) is 13.1 Å². The second-order valence-corrected chi connectivity index (χ2v) is 5.11. The van der Waals surface area contributed by atoms with E-state index in [-0.39, 0.29) is 17.9 Å². The molecule has 1 aliphatic carbocycles. The van der Waals surface area contributed by atoms with Crippen LogP contribution in [0.5, 0.6) is 0 Å². The lowest BCUT2D eigenvalue weighted by Gasteiger charge is -2.07. The smallest absolute Gasteiger partial charge is 0.208 e. The van der Waals surface area contributed by atoms with Crippen LogP contribution in [0, 0.1) is 0 Å². The number of nitrogens with one attached hydrogen (secondary N) is 1. The Balaban J connectivity index is 0.00000121. The Morgan fingerprint density at radius 2 is 2.00 bits per heavy atom. The SMILES string of the molecule is CS(=O)(=O)NCCC1(N)CC1.Cl. The Morgan fingerprint density at radius 3 is 2.33 bits per heavy atom. The predicted octanol–water partition coefficient (Wildman–Crippen LogP) is -0.161. The standard InChI is InChI=1S/C6H14N2O2S.ClH/c1-11(9,10)8-5-4-6(7)2-3-6;/h8H,2-5,7H2,1H3;1H. The summed E-state index contributed by atoms with van der Waals surface area (Å²) in [5.41, 5.74) is 5.68. The van der Waals surface area contributed by atoms with Crippen molar-refractivity contribution in [3.05, 3.63) is 0 Å². The monoisotopic (exact) mass is 214 g/mol. The van der Waals surface area contributed by atoms with Crippen LogP contribution in [0.2, 0.25) is 0 Å². The minimum atomic E-state index is -3.02. The van der Waals surface area contributed by atoms with Crippen LogP contribution >= 0.6 is 12.4 Å².